The molecule has 2 aromatic rings. The summed E-state index contributed by atoms with van der Waals surface area (Å²) in [5.74, 6) is 0.793. The number of methoxy groups -OCH3 is 1. The van der Waals surface area contributed by atoms with Crippen molar-refractivity contribution in [3.8, 4) is 5.75 Å². The Morgan fingerprint density at radius 3 is 2.40 bits per heavy atom. The lowest BCUT2D eigenvalue weighted by Crippen LogP contribution is -2.48. The lowest BCUT2D eigenvalue weighted by atomic mass is 10.2. The summed E-state index contributed by atoms with van der Waals surface area (Å²) < 4.78 is 32.4. The fourth-order valence-corrected chi connectivity index (χ4v) is 4.57. The molecule has 1 aliphatic rings. The van der Waals surface area contributed by atoms with Gasteiger partial charge in [0, 0.05) is 43.0 Å². The highest BCUT2D eigenvalue weighted by atomic mass is 35.5. The molecule has 134 valence electrons. The number of aryl methyl sites for hydroxylation is 1. The zero-order valence-corrected chi connectivity index (χ0v) is 15.8. The molecule has 0 radical (unpaired) electrons. The van der Waals surface area contributed by atoms with Gasteiger partial charge in [-0.3, -0.25) is 0 Å². The first-order chi connectivity index (χ1) is 11.9. The third kappa shape index (κ3) is 3.76. The third-order valence-electron chi connectivity index (χ3n) is 4.44. The molecule has 2 aromatic carbocycles. The summed E-state index contributed by atoms with van der Waals surface area (Å²) in [6.45, 7) is 3.99. The standard InChI is InChI=1S/C18H21ClN2O3S/c1-14-6-7-17(13-18(14)19)25(22,23)21-10-8-20(9-11-21)15-4-3-5-16(12-15)24-2/h3-7,12-13H,8-11H2,1-2H3. The van der Waals surface area contributed by atoms with Gasteiger partial charge in [-0.1, -0.05) is 23.7 Å². The number of benzene rings is 2. The lowest BCUT2D eigenvalue weighted by Gasteiger charge is -2.35. The second-order valence-corrected chi connectivity index (χ2v) is 8.35. The number of anilines is 1. The molecule has 0 bridgehead atoms. The van der Waals surface area contributed by atoms with Crippen molar-refractivity contribution in [2.24, 2.45) is 0 Å². The van der Waals surface area contributed by atoms with Crippen LogP contribution in [0.4, 0.5) is 5.69 Å². The highest BCUT2D eigenvalue weighted by molar-refractivity contribution is 7.89. The smallest absolute Gasteiger partial charge is 0.243 e. The number of sulfonamides is 1. The van der Waals surface area contributed by atoms with E-state index in [1.165, 1.54) is 10.4 Å². The number of rotatable bonds is 4. The number of ether oxygens (including phenoxy) is 1. The molecule has 0 aliphatic carbocycles. The van der Waals surface area contributed by atoms with E-state index < -0.39 is 10.0 Å². The molecule has 1 fully saturated rings. The number of halogens is 1. The van der Waals surface area contributed by atoms with Crippen LogP contribution < -0.4 is 9.64 Å². The van der Waals surface area contributed by atoms with E-state index in [-0.39, 0.29) is 4.90 Å². The van der Waals surface area contributed by atoms with Gasteiger partial charge in [0.1, 0.15) is 5.75 Å². The first-order valence-electron chi connectivity index (χ1n) is 8.07. The van der Waals surface area contributed by atoms with Gasteiger partial charge in [0.05, 0.1) is 12.0 Å². The molecule has 0 N–H and O–H groups in total. The normalized spacial score (nSPS) is 16.0. The lowest BCUT2D eigenvalue weighted by molar-refractivity contribution is 0.384. The molecule has 0 amide bonds. The third-order valence-corrected chi connectivity index (χ3v) is 6.74. The Labute approximate surface area is 153 Å². The number of hydrogen-bond acceptors (Lipinski definition) is 4. The van der Waals surface area contributed by atoms with Crippen LogP contribution in [0.1, 0.15) is 5.56 Å². The Morgan fingerprint density at radius 2 is 1.76 bits per heavy atom. The summed E-state index contributed by atoms with van der Waals surface area (Å²) in [6.07, 6.45) is 0. The van der Waals surface area contributed by atoms with E-state index in [1.54, 1.807) is 19.2 Å². The van der Waals surface area contributed by atoms with Crippen LogP contribution in [0.25, 0.3) is 0 Å². The SMILES string of the molecule is COc1cccc(N2CCN(S(=O)(=O)c3ccc(C)c(Cl)c3)CC2)c1. The van der Waals surface area contributed by atoms with Crippen LogP contribution in [-0.4, -0.2) is 46.0 Å². The molecule has 0 aromatic heterocycles. The number of nitrogens with zero attached hydrogens (tertiary/aromatic N) is 2. The van der Waals surface area contributed by atoms with Crippen molar-refractivity contribution in [3.63, 3.8) is 0 Å². The summed E-state index contributed by atoms with van der Waals surface area (Å²) in [5, 5.41) is 0.469. The zero-order valence-electron chi connectivity index (χ0n) is 14.3. The second kappa shape index (κ2) is 7.23. The van der Waals surface area contributed by atoms with Gasteiger partial charge >= 0.3 is 0 Å². The maximum Gasteiger partial charge on any atom is 0.243 e. The topological polar surface area (TPSA) is 49.9 Å². The van der Waals surface area contributed by atoms with Crippen molar-refractivity contribution in [2.45, 2.75) is 11.8 Å². The zero-order chi connectivity index (χ0) is 18.0. The summed E-state index contributed by atoms with van der Waals surface area (Å²) in [6, 6.07) is 12.7. The van der Waals surface area contributed by atoms with Crippen molar-refractivity contribution in [1.29, 1.82) is 0 Å². The summed E-state index contributed by atoms with van der Waals surface area (Å²) in [4.78, 5) is 2.41. The monoisotopic (exact) mass is 380 g/mol. The van der Waals surface area contributed by atoms with Gasteiger partial charge in [-0.15, -0.1) is 0 Å². The van der Waals surface area contributed by atoms with E-state index >= 15 is 0 Å². The molecule has 0 atom stereocenters. The van der Waals surface area contributed by atoms with E-state index in [2.05, 4.69) is 4.90 Å². The minimum Gasteiger partial charge on any atom is -0.497 e. The molecule has 3 rings (SSSR count). The van der Waals surface area contributed by atoms with Gasteiger partial charge in [0.2, 0.25) is 10.0 Å². The Kier molecular flexibility index (Phi) is 5.22. The molecule has 1 saturated heterocycles. The van der Waals surface area contributed by atoms with Crippen LogP contribution >= 0.6 is 11.6 Å². The highest BCUT2D eigenvalue weighted by Gasteiger charge is 2.29. The van der Waals surface area contributed by atoms with E-state index in [9.17, 15) is 8.42 Å². The average molecular weight is 381 g/mol. The van der Waals surface area contributed by atoms with Gasteiger partial charge in [0.25, 0.3) is 0 Å². The highest BCUT2D eigenvalue weighted by Crippen LogP contribution is 2.26. The van der Waals surface area contributed by atoms with E-state index in [0.29, 0.717) is 31.2 Å². The quantitative estimate of drug-likeness (QED) is 0.817. The maximum absolute atomic E-state index is 12.8. The first kappa shape index (κ1) is 18.0. The molecule has 25 heavy (non-hydrogen) atoms. The van der Waals surface area contributed by atoms with Gasteiger partial charge in [-0.05, 0) is 36.8 Å². The largest absolute Gasteiger partial charge is 0.497 e. The van der Waals surface area contributed by atoms with Gasteiger partial charge in [-0.25, -0.2) is 8.42 Å². The predicted octanol–water partition coefficient (Wildman–Crippen LogP) is 3.17. The van der Waals surface area contributed by atoms with Gasteiger partial charge in [0.15, 0.2) is 0 Å². The van der Waals surface area contributed by atoms with Crippen LogP contribution in [0.2, 0.25) is 5.02 Å². The summed E-state index contributed by atoms with van der Waals surface area (Å²) in [5.41, 5.74) is 1.90. The fourth-order valence-electron chi connectivity index (χ4n) is 2.88. The molecular formula is C18H21ClN2O3S. The van der Waals surface area contributed by atoms with Crippen LogP contribution in [0.15, 0.2) is 47.4 Å². The Bertz CT molecular complexity index is 862. The molecule has 7 heteroatoms. The van der Waals surface area contributed by atoms with Crippen molar-refractivity contribution < 1.29 is 13.2 Å². The van der Waals surface area contributed by atoms with Crippen molar-refractivity contribution in [2.75, 3.05) is 38.2 Å². The van der Waals surface area contributed by atoms with Crippen LogP contribution in [0.3, 0.4) is 0 Å². The van der Waals surface area contributed by atoms with Crippen LogP contribution in [0, 0.1) is 6.92 Å². The minimum atomic E-state index is -3.52. The van der Waals surface area contributed by atoms with Crippen LogP contribution in [0.5, 0.6) is 5.75 Å². The minimum absolute atomic E-state index is 0.248. The van der Waals surface area contributed by atoms with Gasteiger partial charge < -0.3 is 9.64 Å². The molecule has 1 aliphatic heterocycles. The van der Waals surface area contributed by atoms with Crippen molar-refractivity contribution in [3.05, 3.63) is 53.1 Å². The van der Waals surface area contributed by atoms with E-state index in [4.69, 9.17) is 16.3 Å². The Morgan fingerprint density at radius 1 is 1.04 bits per heavy atom. The molecule has 0 saturated carbocycles. The molecule has 5 nitrogen and oxygen atoms in total. The maximum atomic E-state index is 12.8. The summed E-state index contributed by atoms with van der Waals surface area (Å²) >= 11 is 6.09. The van der Waals surface area contributed by atoms with Crippen molar-refractivity contribution in [1.82, 2.24) is 4.31 Å². The average Bonchev–Trinajstić information content (AvgIpc) is 2.64. The molecule has 0 spiro atoms. The van der Waals surface area contributed by atoms with Gasteiger partial charge in [-0.2, -0.15) is 4.31 Å². The second-order valence-electron chi connectivity index (χ2n) is 6.00. The van der Waals surface area contributed by atoms with Crippen molar-refractivity contribution >= 4 is 27.3 Å². The molecule has 1 heterocycles. The van der Waals surface area contributed by atoms with E-state index in [1.807, 2.05) is 31.2 Å². The molecular weight excluding hydrogens is 360 g/mol. The number of piperazine rings is 1. The van der Waals surface area contributed by atoms with E-state index in [0.717, 1.165) is 17.0 Å². The summed E-state index contributed by atoms with van der Waals surface area (Å²) in [7, 11) is -1.89. The predicted molar refractivity (Wildman–Crippen MR) is 100 cm³/mol. The Hall–Kier alpha value is -1.76. The first-order valence-corrected chi connectivity index (χ1v) is 9.89. The molecule has 0 unspecified atom stereocenters. The van der Waals surface area contributed by atoms with Crippen LogP contribution in [-0.2, 0) is 10.0 Å². The fraction of sp³-hybridized carbons (Fsp3) is 0.333. The number of hydrogen-bond donors (Lipinski definition) is 0. The Balaban J connectivity index is 1.73.